The zero-order chi connectivity index (χ0) is 26.4. The molecule has 0 aliphatic carbocycles. The molecule has 0 heterocycles. The molecule has 1 unspecified atom stereocenters. The van der Waals surface area contributed by atoms with Gasteiger partial charge in [-0.3, -0.25) is 0 Å². The van der Waals surface area contributed by atoms with E-state index >= 15 is 4.39 Å². The van der Waals surface area contributed by atoms with E-state index in [0.29, 0.717) is 42.6 Å². The minimum absolute atomic E-state index is 0.166. The molecule has 4 aromatic carbocycles. The molecule has 4 aromatic rings. The minimum atomic E-state index is -0.912. The van der Waals surface area contributed by atoms with Crippen molar-refractivity contribution in [1.82, 2.24) is 0 Å². The van der Waals surface area contributed by atoms with Gasteiger partial charge < -0.3 is 9.84 Å². The summed E-state index contributed by atoms with van der Waals surface area (Å²) in [5, 5.41) is 9.66. The molecule has 0 spiro atoms. The molecule has 2 nitrogen and oxygen atoms in total. The maximum atomic E-state index is 15.0. The van der Waals surface area contributed by atoms with Crippen molar-refractivity contribution >= 4 is 0 Å². The number of aliphatic hydroxyl groups is 1. The van der Waals surface area contributed by atoms with Crippen molar-refractivity contribution in [3.63, 3.8) is 0 Å². The summed E-state index contributed by atoms with van der Waals surface area (Å²) in [5.74, 6) is -1.98. The van der Waals surface area contributed by atoms with Crippen molar-refractivity contribution in [2.45, 2.75) is 32.3 Å². The third kappa shape index (κ3) is 6.30. The Hall–Kier alpha value is -3.83. The zero-order valence-corrected chi connectivity index (χ0v) is 20.7. The predicted octanol–water partition coefficient (Wildman–Crippen LogP) is 8.23. The Morgan fingerprint density at radius 2 is 1.32 bits per heavy atom. The van der Waals surface area contributed by atoms with Gasteiger partial charge in [-0.05, 0) is 66.1 Å². The van der Waals surface area contributed by atoms with Gasteiger partial charge in [-0.25, -0.2) is 13.2 Å². The molecular weight excluding hydrogens is 473 g/mol. The van der Waals surface area contributed by atoms with Gasteiger partial charge >= 0.3 is 0 Å². The van der Waals surface area contributed by atoms with Gasteiger partial charge in [-0.2, -0.15) is 0 Å². The number of hydrogen-bond acceptors (Lipinski definition) is 2. The highest BCUT2D eigenvalue weighted by Gasteiger charge is 2.16. The molecule has 0 saturated carbocycles. The van der Waals surface area contributed by atoms with Crippen LogP contribution in [0.15, 0.2) is 91.5 Å². The third-order valence-corrected chi connectivity index (χ3v) is 6.33. The Labute approximate surface area is 215 Å². The Balaban J connectivity index is 1.43. The maximum Gasteiger partial charge on any atom is 0.167 e. The molecule has 0 saturated heterocycles. The quantitative estimate of drug-likeness (QED) is 0.175. The van der Waals surface area contributed by atoms with Gasteiger partial charge in [-0.1, -0.05) is 72.8 Å². The van der Waals surface area contributed by atoms with E-state index in [1.54, 1.807) is 67.6 Å². The van der Waals surface area contributed by atoms with Crippen LogP contribution in [0.2, 0.25) is 0 Å². The lowest BCUT2D eigenvalue weighted by atomic mass is 9.96. The highest BCUT2D eigenvalue weighted by atomic mass is 19.2. The van der Waals surface area contributed by atoms with Gasteiger partial charge in [0.1, 0.15) is 0 Å². The average molecular weight is 503 g/mol. The molecule has 0 fully saturated rings. The normalized spacial score (nSPS) is 11.8. The van der Waals surface area contributed by atoms with Crippen LogP contribution in [-0.4, -0.2) is 11.7 Å². The molecule has 0 aliphatic heterocycles. The molecule has 37 heavy (non-hydrogen) atoms. The van der Waals surface area contributed by atoms with Crippen LogP contribution in [0.4, 0.5) is 13.2 Å². The lowest BCUT2D eigenvalue weighted by molar-refractivity contribution is 0.199. The minimum Gasteiger partial charge on any atom is -0.490 e. The van der Waals surface area contributed by atoms with Crippen LogP contribution in [0.1, 0.15) is 36.1 Å². The summed E-state index contributed by atoms with van der Waals surface area (Å²) in [6, 6.07) is 22.1. The van der Waals surface area contributed by atoms with Crippen molar-refractivity contribution in [1.29, 1.82) is 0 Å². The number of ether oxygens (including phenoxy) is 1. The van der Waals surface area contributed by atoms with Crippen LogP contribution in [0.3, 0.4) is 0 Å². The van der Waals surface area contributed by atoms with Gasteiger partial charge in [0.2, 0.25) is 0 Å². The van der Waals surface area contributed by atoms with Gasteiger partial charge in [0.25, 0.3) is 0 Å². The zero-order valence-electron chi connectivity index (χ0n) is 20.7. The summed E-state index contributed by atoms with van der Waals surface area (Å²) in [6.45, 7) is 5.65. The maximum absolute atomic E-state index is 15.0. The van der Waals surface area contributed by atoms with Crippen LogP contribution in [0.25, 0.3) is 22.3 Å². The van der Waals surface area contributed by atoms with Crippen LogP contribution < -0.4 is 4.74 Å². The summed E-state index contributed by atoms with van der Waals surface area (Å²) in [6.07, 6.45) is 3.05. The molecule has 1 N–H and O–H groups in total. The van der Waals surface area contributed by atoms with Gasteiger partial charge in [0, 0.05) is 11.1 Å². The van der Waals surface area contributed by atoms with E-state index in [1.165, 1.54) is 6.07 Å². The van der Waals surface area contributed by atoms with E-state index < -0.39 is 23.6 Å². The third-order valence-electron chi connectivity index (χ3n) is 6.33. The first-order valence-corrected chi connectivity index (χ1v) is 12.2. The van der Waals surface area contributed by atoms with Crippen LogP contribution in [0, 0.1) is 17.5 Å². The molecule has 0 aliphatic rings. The van der Waals surface area contributed by atoms with Gasteiger partial charge in [-0.15, -0.1) is 6.58 Å². The number of aryl methyl sites for hydroxylation is 2. The SMILES string of the molecule is C=CCCOc1ccc(CCc2ccc(-c3ccc(-c4ccc(C(C)O)cc4)c(F)c3F)cc2)cc1F. The largest absolute Gasteiger partial charge is 0.490 e. The molecule has 0 aromatic heterocycles. The molecule has 5 heteroatoms. The van der Waals surface area contributed by atoms with Crippen molar-refractivity contribution < 1.29 is 23.0 Å². The topological polar surface area (TPSA) is 29.5 Å². The Bertz CT molecular complexity index is 1360. The predicted molar refractivity (Wildman–Crippen MR) is 142 cm³/mol. The second kappa shape index (κ2) is 11.9. The first-order valence-electron chi connectivity index (χ1n) is 12.2. The second-order valence-electron chi connectivity index (χ2n) is 8.97. The second-order valence-corrected chi connectivity index (χ2v) is 8.97. The first-order chi connectivity index (χ1) is 17.9. The molecule has 0 radical (unpaired) electrons. The van der Waals surface area contributed by atoms with Crippen molar-refractivity contribution in [2.75, 3.05) is 6.61 Å². The van der Waals surface area contributed by atoms with Crippen molar-refractivity contribution in [3.8, 4) is 28.0 Å². The van der Waals surface area contributed by atoms with Crippen LogP contribution in [-0.2, 0) is 12.8 Å². The highest BCUT2D eigenvalue weighted by molar-refractivity contribution is 5.72. The van der Waals surface area contributed by atoms with Crippen molar-refractivity contribution in [3.05, 3.63) is 126 Å². The summed E-state index contributed by atoms with van der Waals surface area (Å²) < 4.78 is 49.6. The van der Waals surface area contributed by atoms with Gasteiger partial charge in [0.15, 0.2) is 23.2 Å². The molecule has 190 valence electrons. The van der Waals surface area contributed by atoms with E-state index in [2.05, 4.69) is 6.58 Å². The number of hydrogen-bond donors (Lipinski definition) is 1. The highest BCUT2D eigenvalue weighted by Crippen LogP contribution is 2.32. The van der Waals surface area contributed by atoms with Gasteiger partial charge in [0.05, 0.1) is 12.7 Å². The van der Waals surface area contributed by atoms with E-state index in [0.717, 1.165) is 11.1 Å². The summed E-state index contributed by atoms with van der Waals surface area (Å²) in [4.78, 5) is 0. The Kier molecular flexibility index (Phi) is 8.47. The number of benzene rings is 4. The lowest BCUT2D eigenvalue weighted by Crippen LogP contribution is -1.99. The lowest BCUT2D eigenvalue weighted by Gasteiger charge is -2.11. The van der Waals surface area contributed by atoms with Crippen LogP contribution >= 0.6 is 0 Å². The average Bonchev–Trinajstić information content (AvgIpc) is 2.91. The molecule has 0 bridgehead atoms. The number of rotatable bonds is 10. The number of halogens is 3. The Morgan fingerprint density at radius 3 is 1.86 bits per heavy atom. The Morgan fingerprint density at radius 1 is 0.784 bits per heavy atom. The van der Waals surface area contributed by atoms with Crippen LogP contribution in [0.5, 0.6) is 5.75 Å². The number of aliphatic hydroxyl groups excluding tert-OH is 1. The fraction of sp³-hybridized carbons (Fsp3) is 0.188. The standard InChI is InChI=1S/C32H29F3O2/c1-3-4-19-37-30-18-9-23(20-29(30)33)6-5-22-7-10-25(11-8-22)27-16-17-28(32(35)31(27)34)26-14-12-24(13-15-26)21(2)36/h3,7-18,20-21,36H,1,4-6,19H2,2H3. The molecule has 0 amide bonds. The fourth-order valence-corrected chi connectivity index (χ4v) is 4.15. The van der Waals surface area contributed by atoms with Crippen molar-refractivity contribution in [2.24, 2.45) is 0 Å². The molecule has 4 rings (SSSR count). The first kappa shape index (κ1) is 26.2. The summed E-state index contributed by atoms with van der Waals surface area (Å²) in [5.41, 5.74) is 4.02. The van der Waals surface area contributed by atoms with E-state index in [9.17, 15) is 13.9 Å². The van der Waals surface area contributed by atoms with E-state index in [4.69, 9.17) is 4.74 Å². The summed E-state index contributed by atoms with van der Waals surface area (Å²) in [7, 11) is 0. The fourth-order valence-electron chi connectivity index (χ4n) is 4.15. The molecular formula is C32H29F3O2. The monoisotopic (exact) mass is 502 g/mol. The summed E-state index contributed by atoms with van der Waals surface area (Å²) >= 11 is 0. The smallest absolute Gasteiger partial charge is 0.167 e. The van der Waals surface area contributed by atoms with E-state index in [1.807, 2.05) is 18.2 Å². The molecule has 1 atom stereocenters. The van der Waals surface area contributed by atoms with E-state index in [-0.39, 0.29) is 16.9 Å².